The average Bonchev–Trinajstić information content (AvgIpc) is 2.97. The maximum absolute atomic E-state index is 11.4. The summed E-state index contributed by atoms with van der Waals surface area (Å²) in [6, 6.07) is 8.22. The molecule has 3 N–H and O–H groups in total. The minimum absolute atomic E-state index is 0.0701. The number of nitrogens with zero attached hydrogens (tertiary/aromatic N) is 1. The fourth-order valence-corrected chi connectivity index (χ4v) is 3.31. The van der Waals surface area contributed by atoms with E-state index in [-0.39, 0.29) is 5.91 Å². The molecule has 2 heterocycles. The zero-order valence-electron chi connectivity index (χ0n) is 12.1. The SMILES string of the molecule is CN(CCc1cccs1)c1cc2c(cc1N)NC(=O)CC2. The highest BCUT2D eigenvalue weighted by Gasteiger charge is 2.17. The largest absolute Gasteiger partial charge is 0.397 e. The lowest BCUT2D eigenvalue weighted by Crippen LogP contribution is -2.23. The van der Waals surface area contributed by atoms with E-state index >= 15 is 0 Å². The zero-order valence-corrected chi connectivity index (χ0v) is 12.9. The van der Waals surface area contributed by atoms with Gasteiger partial charge in [0.25, 0.3) is 0 Å². The molecule has 0 spiro atoms. The molecule has 0 radical (unpaired) electrons. The van der Waals surface area contributed by atoms with Gasteiger partial charge in [-0.15, -0.1) is 11.3 Å². The topological polar surface area (TPSA) is 58.4 Å². The Balaban J connectivity index is 1.76. The predicted molar refractivity (Wildman–Crippen MR) is 89.1 cm³/mol. The fourth-order valence-electron chi connectivity index (χ4n) is 2.62. The van der Waals surface area contributed by atoms with E-state index in [1.54, 1.807) is 11.3 Å². The average molecular weight is 301 g/mol. The summed E-state index contributed by atoms with van der Waals surface area (Å²) in [4.78, 5) is 15.0. The molecule has 3 rings (SSSR count). The van der Waals surface area contributed by atoms with Gasteiger partial charge in [0.05, 0.1) is 11.4 Å². The highest BCUT2D eigenvalue weighted by molar-refractivity contribution is 7.09. The monoisotopic (exact) mass is 301 g/mol. The smallest absolute Gasteiger partial charge is 0.224 e. The predicted octanol–water partition coefficient (Wildman–Crippen LogP) is 2.89. The summed E-state index contributed by atoms with van der Waals surface area (Å²) >= 11 is 1.78. The molecule has 0 saturated heterocycles. The van der Waals surface area contributed by atoms with E-state index in [0.29, 0.717) is 12.1 Å². The minimum atomic E-state index is 0.0701. The summed E-state index contributed by atoms with van der Waals surface area (Å²) in [5, 5.41) is 4.99. The van der Waals surface area contributed by atoms with Crippen molar-refractivity contribution in [3.63, 3.8) is 0 Å². The quantitative estimate of drug-likeness (QED) is 0.854. The third kappa shape index (κ3) is 3.03. The Labute approximate surface area is 128 Å². The van der Waals surface area contributed by atoms with Gasteiger partial charge in [0.2, 0.25) is 5.91 Å². The first-order chi connectivity index (χ1) is 10.1. The molecule has 1 aliphatic heterocycles. The number of carbonyl (C=O) groups is 1. The van der Waals surface area contributed by atoms with Gasteiger partial charge in [-0.3, -0.25) is 4.79 Å². The summed E-state index contributed by atoms with van der Waals surface area (Å²) in [5.74, 6) is 0.0701. The molecule has 110 valence electrons. The Bertz CT molecular complexity index is 652. The highest BCUT2D eigenvalue weighted by Crippen LogP contribution is 2.32. The maximum Gasteiger partial charge on any atom is 0.224 e. The molecule has 0 atom stereocenters. The first kappa shape index (κ1) is 13.9. The first-order valence-corrected chi connectivity index (χ1v) is 7.97. The number of amides is 1. The summed E-state index contributed by atoms with van der Waals surface area (Å²) in [6.45, 7) is 0.926. The second kappa shape index (κ2) is 5.77. The number of nitrogens with two attached hydrogens (primary N) is 1. The van der Waals surface area contributed by atoms with Crippen molar-refractivity contribution in [1.82, 2.24) is 0 Å². The Morgan fingerprint density at radius 1 is 1.38 bits per heavy atom. The molecule has 21 heavy (non-hydrogen) atoms. The van der Waals surface area contributed by atoms with E-state index in [4.69, 9.17) is 5.73 Å². The number of likely N-dealkylation sites (N-methyl/N-ethyl adjacent to an activating group) is 1. The maximum atomic E-state index is 11.4. The van der Waals surface area contributed by atoms with Gasteiger partial charge in [-0.05, 0) is 42.0 Å². The van der Waals surface area contributed by atoms with Crippen LogP contribution in [-0.2, 0) is 17.6 Å². The Hall–Kier alpha value is -2.01. The van der Waals surface area contributed by atoms with Crippen LogP contribution in [-0.4, -0.2) is 19.5 Å². The summed E-state index contributed by atoms with van der Waals surface area (Å²) in [6.07, 6.45) is 2.35. The number of rotatable bonds is 4. The Kier molecular flexibility index (Phi) is 3.84. The second-order valence-electron chi connectivity index (χ2n) is 5.37. The zero-order chi connectivity index (χ0) is 14.8. The van der Waals surface area contributed by atoms with Crippen LogP contribution in [0.25, 0.3) is 0 Å². The molecule has 1 aromatic carbocycles. The van der Waals surface area contributed by atoms with Crippen LogP contribution >= 0.6 is 11.3 Å². The van der Waals surface area contributed by atoms with Crippen LogP contribution in [0.1, 0.15) is 16.9 Å². The highest BCUT2D eigenvalue weighted by atomic mass is 32.1. The lowest BCUT2D eigenvalue weighted by atomic mass is 10.0. The molecule has 0 saturated carbocycles. The number of hydrogen-bond donors (Lipinski definition) is 2. The molecule has 1 aliphatic rings. The molecule has 1 aromatic heterocycles. The number of anilines is 3. The van der Waals surface area contributed by atoms with Crippen molar-refractivity contribution < 1.29 is 4.79 Å². The summed E-state index contributed by atoms with van der Waals surface area (Å²) in [5.41, 5.74) is 9.93. The molecule has 1 amide bonds. The van der Waals surface area contributed by atoms with Crippen molar-refractivity contribution in [2.75, 3.05) is 29.5 Å². The molecular formula is C16H19N3OS. The van der Waals surface area contributed by atoms with Crippen molar-refractivity contribution in [2.45, 2.75) is 19.3 Å². The molecule has 2 aromatic rings. The van der Waals surface area contributed by atoms with Crippen LogP contribution in [0.15, 0.2) is 29.6 Å². The number of nitrogens with one attached hydrogen (secondary N) is 1. The molecular weight excluding hydrogens is 282 g/mol. The van der Waals surface area contributed by atoms with Crippen LogP contribution in [0.5, 0.6) is 0 Å². The lowest BCUT2D eigenvalue weighted by Gasteiger charge is -2.25. The Morgan fingerprint density at radius 3 is 3.00 bits per heavy atom. The molecule has 0 fully saturated rings. The standard InChI is InChI=1S/C16H19N3OS/c1-19(7-6-12-3-2-8-21-12)15-9-11-4-5-16(20)18-14(11)10-13(15)17/h2-3,8-10H,4-7,17H2,1H3,(H,18,20). The van der Waals surface area contributed by atoms with Crippen molar-refractivity contribution in [3.05, 3.63) is 40.1 Å². The van der Waals surface area contributed by atoms with Gasteiger partial charge in [-0.2, -0.15) is 0 Å². The number of hydrogen-bond acceptors (Lipinski definition) is 4. The van der Waals surface area contributed by atoms with Crippen molar-refractivity contribution in [3.8, 4) is 0 Å². The number of thiophene rings is 1. The summed E-state index contributed by atoms with van der Waals surface area (Å²) in [7, 11) is 2.06. The van der Waals surface area contributed by atoms with Gasteiger partial charge in [-0.25, -0.2) is 0 Å². The van der Waals surface area contributed by atoms with Gasteiger partial charge in [0, 0.05) is 30.6 Å². The number of nitrogen functional groups attached to an aromatic ring is 1. The van der Waals surface area contributed by atoms with E-state index < -0.39 is 0 Å². The molecule has 4 nitrogen and oxygen atoms in total. The van der Waals surface area contributed by atoms with Crippen molar-refractivity contribution in [1.29, 1.82) is 0 Å². The van der Waals surface area contributed by atoms with E-state index in [1.807, 2.05) is 6.07 Å². The fraction of sp³-hybridized carbons (Fsp3) is 0.312. The summed E-state index contributed by atoms with van der Waals surface area (Å²) < 4.78 is 0. The second-order valence-corrected chi connectivity index (χ2v) is 6.40. The third-order valence-electron chi connectivity index (χ3n) is 3.83. The third-order valence-corrected chi connectivity index (χ3v) is 4.77. The number of carbonyl (C=O) groups excluding carboxylic acids is 1. The molecule has 0 aliphatic carbocycles. The van der Waals surface area contributed by atoms with Gasteiger partial charge in [0.1, 0.15) is 0 Å². The van der Waals surface area contributed by atoms with E-state index in [9.17, 15) is 4.79 Å². The van der Waals surface area contributed by atoms with E-state index in [2.05, 4.69) is 40.8 Å². The van der Waals surface area contributed by atoms with Gasteiger partial charge < -0.3 is 16.0 Å². The molecule has 5 heteroatoms. The minimum Gasteiger partial charge on any atom is -0.397 e. The van der Waals surface area contributed by atoms with Gasteiger partial charge >= 0.3 is 0 Å². The molecule has 0 bridgehead atoms. The van der Waals surface area contributed by atoms with Crippen molar-refractivity contribution in [2.24, 2.45) is 0 Å². The van der Waals surface area contributed by atoms with Crippen LogP contribution in [0.2, 0.25) is 0 Å². The van der Waals surface area contributed by atoms with Crippen LogP contribution < -0.4 is 16.0 Å². The van der Waals surface area contributed by atoms with Crippen LogP contribution in [0.3, 0.4) is 0 Å². The lowest BCUT2D eigenvalue weighted by molar-refractivity contribution is -0.116. The molecule has 0 unspecified atom stereocenters. The number of benzene rings is 1. The van der Waals surface area contributed by atoms with Crippen LogP contribution in [0.4, 0.5) is 17.1 Å². The Morgan fingerprint density at radius 2 is 2.24 bits per heavy atom. The number of aryl methyl sites for hydroxylation is 1. The van der Waals surface area contributed by atoms with Gasteiger partial charge in [0.15, 0.2) is 0 Å². The van der Waals surface area contributed by atoms with E-state index in [1.165, 1.54) is 10.4 Å². The van der Waals surface area contributed by atoms with Crippen LogP contribution in [0, 0.1) is 0 Å². The van der Waals surface area contributed by atoms with Crippen molar-refractivity contribution >= 4 is 34.3 Å². The number of fused-ring (bicyclic) bond motifs is 1. The first-order valence-electron chi connectivity index (χ1n) is 7.09. The van der Waals surface area contributed by atoms with Gasteiger partial charge in [-0.1, -0.05) is 6.07 Å². The van der Waals surface area contributed by atoms with E-state index in [0.717, 1.165) is 30.8 Å². The normalized spacial score (nSPS) is 13.7.